The molecule has 3 aromatic rings. The Morgan fingerprint density at radius 2 is 2.00 bits per heavy atom. The van der Waals surface area contributed by atoms with Crippen molar-refractivity contribution in [3.63, 3.8) is 0 Å². The predicted molar refractivity (Wildman–Crippen MR) is 102 cm³/mol. The second-order valence-electron chi connectivity index (χ2n) is 6.68. The zero-order valence-electron chi connectivity index (χ0n) is 14.9. The molecule has 1 aliphatic rings. The van der Waals surface area contributed by atoms with Gasteiger partial charge in [-0.25, -0.2) is 0 Å². The molecular formula is C20H20ClN3O3. The van der Waals surface area contributed by atoms with Crippen LogP contribution in [0.15, 0.2) is 47.0 Å². The summed E-state index contributed by atoms with van der Waals surface area (Å²) in [5.41, 5.74) is 7.46. The number of benzene rings is 2. The van der Waals surface area contributed by atoms with Gasteiger partial charge in [0.25, 0.3) is 5.89 Å². The molecule has 1 aliphatic carbocycles. The Hall–Kier alpha value is -2.57. The van der Waals surface area contributed by atoms with Crippen LogP contribution in [0.4, 0.5) is 0 Å². The third kappa shape index (κ3) is 3.50. The standard InChI is InChI=1S/C20H20ClN3O3/c1-25-17-11-13(18-23-19(24-27-18)20(22)9-4-10-20)7-8-16(17)26-12-14-5-2-3-6-15(14)21/h2-3,5-8,11H,4,9-10,12,22H2,1H3. The topological polar surface area (TPSA) is 83.4 Å². The fourth-order valence-electron chi connectivity index (χ4n) is 3.02. The summed E-state index contributed by atoms with van der Waals surface area (Å²) in [5, 5.41) is 4.72. The van der Waals surface area contributed by atoms with E-state index in [1.54, 1.807) is 7.11 Å². The highest BCUT2D eigenvalue weighted by molar-refractivity contribution is 6.31. The van der Waals surface area contributed by atoms with E-state index in [9.17, 15) is 0 Å². The van der Waals surface area contributed by atoms with Crippen molar-refractivity contribution in [2.75, 3.05) is 7.11 Å². The first-order valence-corrected chi connectivity index (χ1v) is 9.14. The summed E-state index contributed by atoms with van der Waals surface area (Å²) in [6.07, 6.45) is 2.85. The second-order valence-corrected chi connectivity index (χ2v) is 7.09. The Balaban J connectivity index is 1.54. The van der Waals surface area contributed by atoms with Crippen LogP contribution < -0.4 is 15.2 Å². The quantitative estimate of drug-likeness (QED) is 0.680. The zero-order chi connectivity index (χ0) is 18.9. The van der Waals surface area contributed by atoms with Gasteiger partial charge in [0.2, 0.25) is 0 Å². The van der Waals surface area contributed by atoms with Gasteiger partial charge >= 0.3 is 0 Å². The van der Waals surface area contributed by atoms with Gasteiger partial charge in [-0.15, -0.1) is 0 Å². The van der Waals surface area contributed by atoms with Crippen LogP contribution in [0, 0.1) is 0 Å². The first-order chi connectivity index (χ1) is 13.1. The van der Waals surface area contributed by atoms with Crippen LogP contribution in [-0.2, 0) is 12.1 Å². The highest BCUT2D eigenvalue weighted by Crippen LogP contribution is 2.38. The summed E-state index contributed by atoms with van der Waals surface area (Å²) in [5.74, 6) is 2.15. The number of hydrogen-bond acceptors (Lipinski definition) is 6. The van der Waals surface area contributed by atoms with E-state index in [0.29, 0.717) is 34.8 Å². The van der Waals surface area contributed by atoms with E-state index < -0.39 is 5.54 Å². The molecule has 0 radical (unpaired) electrons. The number of nitrogens with two attached hydrogens (primary N) is 1. The number of rotatable bonds is 6. The summed E-state index contributed by atoms with van der Waals surface area (Å²) < 4.78 is 16.7. The van der Waals surface area contributed by atoms with Crippen molar-refractivity contribution >= 4 is 11.6 Å². The van der Waals surface area contributed by atoms with E-state index >= 15 is 0 Å². The van der Waals surface area contributed by atoms with Gasteiger partial charge in [0, 0.05) is 16.1 Å². The maximum atomic E-state index is 6.26. The molecule has 0 spiro atoms. The van der Waals surface area contributed by atoms with Gasteiger partial charge in [-0.1, -0.05) is 35.0 Å². The number of nitrogens with zero attached hydrogens (tertiary/aromatic N) is 2. The lowest BCUT2D eigenvalue weighted by Crippen LogP contribution is -2.44. The van der Waals surface area contributed by atoms with Crippen molar-refractivity contribution in [2.45, 2.75) is 31.4 Å². The molecule has 0 bridgehead atoms. The van der Waals surface area contributed by atoms with Gasteiger partial charge in [0.1, 0.15) is 6.61 Å². The number of ether oxygens (including phenoxy) is 2. The first kappa shape index (κ1) is 17.8. The molecule has 0 saturated heterocycles. The van der Waals surface area contributed by atoms with Crippen LogP contribution >= 0.6 is 11.6 Å². The van der Waals surface area contributed by atoms with Crippen LogP contribution in [0.1, 0.15) is 30.7 Å². The lowest BCUT2D eigenvalue weighted by atomic mass is 9.77. The first-order valence-electron chi connectivity index (χ1n) is 8.77. The Morgan fingerprint density at radius 3 is 2.70 bits per heavy atom. The molecule has 2 aromatic carbocycles. The molecule has 27 heavy (non-hydrogen) atoms. The minimum absolute atomic E-state index is 0.343. The largest absolute Gasteiger partial charge is 0.493 e. The van der Waals surface area contributed by atoms with Crippen LogP contribution in [0.5, 0.6) is 11.5 Å². The molecule has 0 atom stereocenters. The Bertz CT molecular complexity index is 953. The lowest BCUT2D eigenvalue weighted by molar-refractivity contribution is 0.229. The third-order valence-corrected chi connectivity index (χ3v) is 5.24. The molecule has 4 rings (SSSR count). The number of methoxy groups -OCH3 is 1. The van der Waals surface area contributed by atoms with Crippen molar-refractivity contribution in [3.05, 3.63) is 58.9 Å². The van der Waals surface area contributed by atoms with E-state index in [0.717, 1.165) is 30.4 Å². The Morgan fingerprint density at radius 1 is 1.19 bits per heavy atom. The molecule has 140 valence electrons. The molecule has 1 heterocycles. The third-order valence-electron chi connectivity index (χ3n) is 4.87. The normalized spacial score (nSPS) is 15.2. The number of aromatic nitrogens is 2. The zero-order valence-corrected chi connectivity index (χ0v) is 15.7. The monoisotopic (exact) mass is 385 g/mol. The Labute approximate surface area is 162 Å². The fraction of sp³-hybridized carbons (Fsp3) is 0.300. The van der Waals surface area contributed by atoms with Gasteiger partial charge < -0.3 is 19.7 Å². The summed E-state index contributed by atoms with van der Waals surface area (Å²) in [4.78, 5) is 4.47. The average molecular weight is 386 g/mol. The van der Waals surface area contributed by atoms with Crippen molar-refractivity contribution in [3.8, 4) is 23.0 Å². The summed E-state index contributed by atoms with van der Waals surface area (Å²) in [6, 6.07) is 13.0. The lowest BCUT2D eigenvalue weighted by Gasteiger charge is -2.34. The second kappa shape index (κ2) is 7.21. The molecule has 1 fully saturated rings. The molecule has 1 aromatic heterocycles. The summed E-state index contributed by atoms with van der Waals surface area (Å²) in [7, 11) is 1.59. The van der Waals surface area contributed by atoms with Crippen molar-refractivity contribution in [1.82, 2.24) is 10.1 Å². The summed E-state index contributed by atoms with van der Waals surface area (Å²) in [6.45, 7) is 0.343. The van der Waals surface area contributed by atoms with Crippen LogP contribution in [0.2, 0.25) is 5.02 Å². The molecule has 0 amide bonds. The SMILES string of the molecule is COc1cc(-c2nc(C3(N)CCC3)no2)ccc1OCc1ccccc1Cl. The smallest absolute Gasteiger partial charge is 0.258 e. The van der Waals surface area contributed by atoms with E-state index in [4.69, 9.17) is 31.3 Å². The van der Waals surface area contributed by atoms with Gasteiger partial charge in [-0.05, 0) is 43.5 Å². The highest BCUT2D eigenvalue weighted by Gasteiger charge is 2.39. The van der Waals surface area contributed by atoms with E-state index in [1.165, 1.54) is 0 Å². The molecule has 2 N–H and O–H groups in total. The maximum absolute atomic E-state index is 6.26. The van der Waals surface area contributed by atoms with E-state index in [1.807, 2.05) is 42.5 Å². The summed E-state index contributed by atoms with van der Waals surface area (Å²) >= 11 is 6.18. The minimum Gasteiger partial charge on any atom is -0.493 e. The minimum atomic E-state index is -0.455. The maximum Gasteiger partial charge on any atom is 0.258 e. The van der Waals surface area contributed by atoms with Gasteiger partial charge in [-0.3, -0.25) is 0 Å². The molecule has 6 nitrogen and oxygen atoms in total. The van der Waals surface area contributed by atoms with Crippen LogP contribution in [0.3, 0.4) is 0 Å². The highest BCUT2D eigenvalue weighted by atomic mass is 35.5. The predicted octanol–water partition coefficient (Wildman–Crippen LogP) is 4.32. The molecule has 0 aliphatic heterocycles. The van der Waals surface area contributed by atoms with E-state index in [-0.39, 0.29) is 0 Å². The molecule has 0 unspecified atom stereocenters. The molecule has 7 heteroatoms. The fourth-order valence-corrected chi connectivity index (χ4v) is 3.21. The number of halogens is 1. The van der Waals surface area contributed by atoms with Crippen LogP contribution in [-0.4, -0.2) is 17.3 Å². The van der Waals surface area contributed by atoms with Crippen LogP contribution in [0.25, 0.3) is 11.5 Å². The molecular weight excluding hydrogens is 366 g/mol. The van der Waals surface area contributed by atoms with Crippen molar-refractivity contribution in [1.29, 1.82) is 0 Å². The average Bonchev–Trinajstić information content (AvgIpc) is 3.16. The Kier molecular flexibility index (Phi) is 4.76. The number of hydrogen-bond donors (Lipinski definition) is 1. The van der Waals surface area contributed by atoms with Crippen molar-refractivity contribution < 1.29 is 14.0 Å². The van der Waals surface area contributed by atoms with E-state index in [2.05, 4.69) is 10.1 Å². The van der Waals surface area contributed by atoms with Gasteiger partial charge in [0.05, 0.1) is 12.6 Å². The van der Waals surface area contributed by atoms with Gasteiger partial charge in [-0.2, -0.15) is 4.98 Å². The molecule has 1 saturated carbocycles. The van der Waals surface area contributed by atoms with Crippen molar-refractivity contribution in [2.24, 2.45) is 5.73 Å². The van der Waals surface area contributed by atoms with Gasteiger partial charge in [0.15, 0.2) is 17.3 Å².